The summed E-state index contributed by atoms with van der Waals surface area (Å²) >= 11 is 5.39. The molecule has 0 unspecified atom stereocenters. The zero-order valence-corrected chi connectivity index (χ0v) is 14.1. The molecule has 106 valence electrons. The molecule has 0 spiro atoms. The van der Waals surface area contributed by atoms with E-state index in [9.17, 15) is 0 Å². The van der Waals surface area contributed by atoms with Crippen molar-refractivity contribution >= 4 is 27.7 Å². The van der Waals surface area contributed by atoms with Crippen LogP contribution in [0.2, 0.25) is 0 Å². The summed E-state index contributed by atoms with van der Waals surface area (Å²) < 4.78 is 6.59. The van der Waals surface area contributed by atoms with Crippen LogP contribution in [0.4, 0.5) is 0 Å². The topological polar surface area (TPSA) is 21.3 Å². The summed E-state index contributed by atoms with van der Waals surface area (Å²) in [6.45, 7) is 0.872. The van der Waals surface area contributed by atoms with Gasteiger partial charge in [-0.25, -0.2) is 0 Å². The summed E-state index contributed by atoms with van der Waals surface area (Å²) in [6.07, 6.45) is 0. The van der Waals surface area contributed by atoms with Crippen LogP contribution in [0.1, 0.15) is 11.1 Å². The molecule has 1 N–H and O–H groups in total. The molecule has 0 heterocycles. The normalized spacial score (nSPS) is 10.6. The Bertz CT molecular complexity index is 574. The minimum atomic E-state index is 0.872. The van der Waals surface area contributed by atoms with E-state index in [0.29, 0.717) is 0 Å². The molecule has 0 fully saturated rings. The Morgan fingerprint density at radius 2 is 2.00 bits per heavy atom. The number of halogens is 1. The van der Waals surface area contributed by atoms with Gasteiger partial charge in [-0.2, -0.15) is 0 Å². The van der Waals surface area contributed by atoms with Gasteiger partial charge in [0.1, 0.15) is 5.75 Å². The van der Waals surface area contributed by atoms with Crippen LogP contribution in [0.5, 0.6) is 5.75 Å². The maximum atomic E-state index is 5.45. The molecule has 0 aliphatic heterocycles. The highest BCUT2D eigenvalue weighted by molar-refractivity contribution is 9.10. The quantitative estimate of drug-likeness (QED) is 0.775. The summed E-state index contributed by atoms with van der Waals surface area (Å²) in [4.78, 5) is 1.24. The van der Waals surface area contributed by atoms with Gasteiger partial charge in [-0.05, 0) is 52.8 Å². The monoisotopic (exact) mass is 351 g/mol. The maximum absolute atomic E-state index is 5.45. The van der Waals surface area contributed by atoms with E-state index in [-0.39, 0.29) is 0 Å². The molecule has 2 aromatic carbocycles. The van der Waals surface area contributed by atoms with Gasteiger partial charge >= 0.3 is 0 Å². The van der Waals surface area contributed by atoms with Crippen LogP contribution in [0, 0.1) is 0 Å². The number of rotatable bonds is 6. The van der Waals surface area contributed by atoms with Gasteiger partial charge < -0.3 is 10.1 Å². The summed E-state index contributed by atoms with van der Waals surface area (Å²) in [5.74, 6) is 1.84. The van der Waals surface area contributed by atoms with E-state index in [1.54, 1.807) is 7.11 Å². The molecule has 0 radical (unpaired) electrons. The minimum Gasteiger partial charge on any atom is -0.496 e. The van der Waals surface area contributed by atoms with Gasteiger partial charge in [0.15, 0.2) is 0 Å². The number of benzene rings is 2. The van der Waals surface area contributed by atoms with Gasteiger partial charge in [0.25, 0.3) is 0 Å². The zero-order valence-electron chi connectivity index (χ0n) is 11.7. The number of nitrogens with one attached hydrogen (secondary N) is 1. The van der Waals surface area contributed by atoms with E-state index < -0.39 is 0 Å². The van der Waals surface area contributed by atoms with Crippen molar-refractivity contribution in [3.8, 4) is 5.75 Å². The maximum Gasteiger partial charge on any atom is 0.122 e. The lowest BCUT2D eigenvalue weighted by Gasteiger charge is -2.11. The third-order valence-corrected chi connectivity index (χ3v) is 5.02. The molecule has 2 rings (SSSR count). The first kappa shape index (κ1) is 15.4. The first-order chi connectivity index (χ1) is 9.74. The molecule has 4 heteroatoms. The van der Waals surface area contributed by atoms with Crippen LogP contribution in [0.3, 0.4) is 0 Å². The molecule has 0 atom stereocenters. The van der Waals surface area contributed by atoms with Crippen molar-refractivity contribution in [2.24, 2.45) is 0 Å². The third-order valence-electron chi connectivity index (χ3n) is 2.95. The molecule has 0 amide bonds. The van der Waals surface area contributed by atoms with Crippen LogP contribution in [-0.4, -0.2) is 14.2 Å². The fourth-order valence-electron chi connectivity index (χ4n) is 1.98. The van der Waals surface area contributed by atoms with Crippen molar-refractivity contribution in [3.05, 3.63) is 58.1 Å². The molecule has 2 nitrogen and oxygen atoms in total. The highest BCUT2D eigenvalue weighted by Crippen LogP contribution is 2.32. The number of hydrogen-bond acceptors (Lipinski definition) is 3. The van der Waals surface area contributed by atoms with Gasteiger partial charge in [0, 0.05) is 27.2 Å². The molecule has 0 aliphatic carbocycles. The molecule has 0 saturated carbocycles. The van der Waals surface area contributed by atoms with Gasteiger partial charge in [-0.15, -0.1) is 11.8 Å². The fourth-order valence-corrected chi connectivity index (χ4v) is 3.52. The first-order valence-corrected chi connectivity index (χ1v) is 8.20. The van der Waals surface area contributed by atoms with E-state index in [0.717, 1.165) is 22.5 Å². The van der Waals surface area contributed by atoms with Crippen molar-refractivity contribution in [1.82, 2.24) is 5.32 Å². The van der Waals surface area contributed by atoms with Crippen LogP contribution >= 0.6 is 27.7 Å². The smallest absolute Gasteiger partial charge is 0.122 e. The average molecular weight is 352 g/mol. The second-order valence-corrected chi connectivity index (χ2v) is 6.27. The zero-order chi connectivity index (χ0) is 14.4. The largest absolute Gasteiger partial charge is 0.496 e. The van der Waals surface area contributed by atoms with Gasteiger partial charge in [-0.3, -0.25) is 0 Å². The lowest BCUT2D eigenvalue weighted by Crippen LogP contribution is -2.05. The van der Waals surface area contributed by atoms with Crippen molar-refractivity contribution in [2.75, 3.05) is 14.2 Å². The molecule has 2 aromatic rings. The Hall–Kier alpha value is -0.970. The molecule has 0 bridgehead atoms. The van der Waals surface area contributed by atoms with E-state index in [1.165, 1.54) is 16.0 Å². The molecule has 20 heavy (non-hydrogen) atoms. The second kappa shape index (κ2) is 7.72. The Kier molecular flexibility index (Phi) is 5.95. The Labute approximate surface area is 133 Å². The second-order valence-electron chi connectivity index (χ2n) is 4.40. The minimum absolute atomic E-state index is 0.872. The van der Waals surface area contributed by atoms with Crippen LogP contribution in [0.15, 0.2) is 51.8 Å². The molecular weight excluding hydrogens is 334 g/mol. The van der Waals surface area contributed by atoms with E-state index in [2.05, 4.69) is 51.6 Å². The number of hydrogen-bond donors (Lipinski definition) is 1. The molecular formula is C16H18BrNOS. The van der Waals surface area contributed by atoms with Gasteiger partial charge in [0.2, 0.25) is 0 Å². The molecule has 0 saturated heterocycles. The molecule has 0 aliphatic rings. The third kappa shape index (κ3) is 4.01. The standard InChI is InChI=1S/C16H18BrNOS/c1-18-10-12-7-8-15(19-2)13(9-12)11-20-16-6-4-3-5-14(16)17/h3-9,18H,10-11H2,1-2H3. The van der Waals surface area contributed by atoms with Crippen LogP contribution in [-0.2, 0) is 12.3 Å². The fraction of sp³-hybridized carbons (Fsp3) is 0.250. The van der Waals surface area contributed by atoms with Crippen molar-refractivity contribution in [3.63, 3.8) is 0 Å². The number of ether oxygens (including phenoxy) is 1. The van der Waals surface area contributed by atoms with Gasteiger partial charge in [0.05, 0.1) is 7.11 Å². The lowest BCUT2D eigenvalue weighted by molar-refractivity contribution is 0.411. The molecule has 0 aromatic heterocycles. The summed E-state index contributed by atoms with van der Waals surface area (Å²) in [6, 6.07) is 14.6. The van der Waals surface area contributed by atoms with E-state index in [1.807, 2.05) is 30.9 Å². The van der Waals surface area contributed by atoms with Crippen molar-refractivity contribution in [2.45, 2.75) is 17.2 Å². The summed E-state index contributed by atoms with van der Waals surface area (Å²) in [7, 11) is 3.68. The Balaban J connectivity index is 2.15. The van der Waals surface area contributed by atoms with E-state index >= 15 is 0 Å². The summed E-state index contributed by atoms with van der Waals surface area (Å²) in [5, 5.41) is 3.18. The SMILES string of the molecule is CNCc1ccc(OC)c(CSc2ccccc2Br)c1. The average Bonchev–Trinajstić information content (AvgIpc) is 2.47. The van der Waals surface area contributed by atoms with Crippen molar-refractivity contribution < 1.29 is 4.74 Å². The number of thioether (sulfide) groups is 1. The Morgan fingerprint density at radius 1 is 1.20 bits per heavy atom. The predicted octanol–water partition coefficient (Wildman–Crippen LogP) is 4.47. The lowest BCUT2D eigenvalue weighted by atomic mass is 10.1. The van der Waals surface area contributed by atoms with Gasteiger partial charge in [-0.1, -0.05) is 18.2 Å². The Morgan fingerprint density at radius 3 is 2.70 bits per heavy atom. The first-order valence-electron chi connectivity index (χ1n) is 6.42. The van der Waals surface area contributed by atoms with Crippen molar-refractivity contribution in [1.29, 1.82) is 0 Å². The van der Waals surface area contributed by atoms with Crippen LogP contribution < -0.4 is 10.1 Å². The summed E-state index contributed by atoms with van der Waals surface area (Å²) in [5.41, 5.74) is 2.50. The van der Waals surface area contributed by atoms with Crippen LogP contribution in [0.25, 0.3) is 0 Å². The highest BCUT2D eigenvalue weighted by atomic mass is 79.9. The highest BCUT2D eigenvalue weighted by Gasteiger charge is 2.07. The number of methoxy groups -OCH3 is 1. The van der Waals surface area contributed by atoms with E-state index in [4.69, 9.17) is 4.74 Å². The predicted molar refractivity (Wildman–Crippen MR) is 89.5 cm³/mol.